The molecule has 0 bridgehead atoms. The maximum absolute atomic E-state index is 10.2. The molecule has 0 aliphatic carbocycles. The lowest BCUT2D eigenvalue weighted by Gasteiger charge is -2.21. The lowest BCUT2D eigenvalue weighted by Crippen LogP contribution is -2.33. The first kappa shape index (κ1) is 16.5. The van der Waals surface area contributed by atoms with Crippen LogP contribution in [0.1, 0.15) is 16.7 Å². The van der Waals surface area contributed by atoms with Gasteiger partial charge in [-0.2, -0.15) is 0 Å². The first-order chi connectivity index (χ1) is 10.6. The number of ether oxygens (including phenoxy) is 1. The quantitative estimate of drug-likeness (QED) is 0.853. The predicted molar refractivity (Wildman–Crippen MR) is 88.0 cm³/mol. The molecule has 1 N–H and O–H groups in total. The van der Waals surface area contributed by atoms with E-state index in [0.29, 0.717) is 13.2 Å². The first-order valence-electron chi connectivity index (χ1n) is 7.51. The van der Waals surface area contributed by atoms with Gasteiger partial charge in [-0.05, 0) is 43.7 Å². The van der Waals surface area contributed by atoms with E-state index in [1.807, 2.05) is 57.4 Å². The van der Waals surface area contributed by atoms with Crippen molar-refractivity contribution >= 4 is 0 Å². The molecule has 2 aromatic rings. The summed E-state index contributed by atoms with van der Waals surface area (Å²) in [7, 11) is 1.98. The molecule has 1 atom stereocenters. The van der Waals surface area contributed by atoms with Crippen LogP contribution in [0, 0.1) is 13.8 Å². The zero-order valence-electron chi connectivity index (χ0n) is 13.5. The van der Waals surface area contributed by atoms with Gasteiger partial charge in [-0.15, -0.1) is 0 Å². The Hall–Kier alpha value is -1.91. The highest BCUT2D eigenvalue weighted by molar-refractivity contribution is 5.39. The Morgan fingerprint density at radius 3 is 2.55 bits per heavy atom. The standard InChI is InChI=1S/C18H24N2O2/c1-14-6-4-7-15(2)18(14)22-13-17(21)12-20(3)11-16-8-5-9-19-10-16/h4-10,17,21H,11-13H2,1-3H3. The van der Waals surface area contributed by atoms with Crippen molar-refractivity contribution in [2.75, 3.05) is 20.2 Å². The van der Waals surface area contributed by atoms with Crippen molar-refractivity contribution in [2.45, 2.75) is 26.5 Å². The number of para-hydroxylation sites is 1. The van der Waals surface area contributed by atoms with Crippen molar-refractivity contribution in [2.24, 2.45) is 0 Å². The molecule has 4 heteroatoms. The van der Waals surface area contributed by atoms with Gasteiger partial charge in [0.25, 0.3) is 0 Å². The van der Waals surface area contributed by atoms with E-state index in [9.17, 15) is 5.11 Å². The largest absolute Gasteiger partial charge is 0.490 e. The number of pyridine rings is 1. The molecule has 1 aromatic heterocycles. The van der Waals surface area contributed by atoms with Crippen LogP contribution in [0.4, 0.5) is 0 Å². The highest BCUT2D eigenvalue weighted by Crippen LogP contribution is 2.22. The highest BCUT2D eigenvalue weighted by atomic mass is 16.5. The highest BCUT2D eigenvalue weighted by Gasteiger charge is 2.11. The Morgan fingerprint density at radius 2 is 1.91 bits per heavy atom. The van der Waals surface area contributed by atoms with Gasteiger partial charge in [0.05, 0.1) is 0 Å². The minimum absolute atomic E-state index is 0.295. The van der Waals surface area contributed by atoms with Crippen LogP contribution in [0.3, 0.4) is 0 Å². The maximum Gasteiger partial charge on any atom is 0.125 e. The summed E-state index contributed by atoms with van der Waals surface area (Å²) < 4.78 is 5.79. The molecular formula is C18H24N2O2. The first-order valence-corrected chi connectivity index (χ1v) is 7.51. The van der Waals surface area contributed by atoms with Gasteiger partial charge in [-0.3, -0.25) is 9.88 Å². The molecule has 0 aliphatic rings. The molecule has 4 nitrogen and oxygen atoms in total. The summed E-state index contributed by atoms with van der Waals surface area (Å²) >= 11 is 0. The zero-order chi connectivity index (χ0) is 15.9. The van der Waals surface area contributed by atoms with Crippen molar-refractivity contribution in [1.82, 2.24) is 9.88 Å². The summed E-state index contributed by atoms with van der Waals surface area (Å²) in [5.41, 5.74) is 3.32. The number of aliphatic hydroxyl groups excluding tert-OH is 1. The molecule has 1 aromatic carbocycles. The number of aliphatic hydroxyl groups is 1. The summed E-state index contributed by atoms with van der Waals surface area (Å²) in [6.07, 6.45) is 3.08. The van der Waals surface area contributed by atoms with E-state index in [-0.39, 0.29) is 0 Å². The molecule has 2 rings (SSSR count). The smallest absolute Gasteiger partial charge is 0.125 e. The average Bonchev–Trinajstić information content (AvgIpc) is 2.47. The number of nitrogens with zero attached hydrogens (tertiary/aromatic N) is 2. The van der Waals surface area contributed by atoms with E-state index in [2.05, 4.69) is 9.88 Å². The van der Waals surface area contributed by atoms with Crippen molar-refractivity contribution in [3.63, 3.8) is 0 Å². The second-order valence-electron chi connectivity index (χ2n) is 5.74. The average molecular weight is 300 g/mol. The van der Waals surface area contributed by atoms with E-state index in [4.69, 9.17) is 4.74 Å². The van der Waals surface area contributed by atoms with Crippen LogP contribution >= 0.6 is 0 Å². The number of rotatable bonds is 7. The van der Waals surface area contributed by atoms with Gasteiger partial charge in [0.2, 0.25) is 0 Å². The van der Waals surface area contributed by atoms with E-state index in [1.54, 1.807) is 6.20 Å². The molecule has 0 aliphatic heterocycles. The molecule has 22 heavy (non-hydrogen) atoms. The lowest BCUT2D eigenvalue weighted by atomic mass is 10.1. The monoisotopic (exact) mass is 300 g/mol. The van der Waals surface area contributed by atoms with Crippen molar-refractivity contribution in [3.8, 4) is 5.75 Å². The second kappa shape index (κ2) is 7.92. The number of benzene rings is 1. The Morgan fingerprint density at radius 1 is 1.18 bits per heavy atom. The molecule has 0 fully saturated rings. The minimum Gasteiger partial charge on any atom is -0.490 e. The van der Waals surface area contributed by atoms with Crippen molar-refractivity contribution in [1.29, 1.82) is 0 Å². The van der Waals surface area contributed by atoms with Gasteiger partial charge >= 0.3 is 0 Å². The summed E-state index contributed by atoms with van der Waals surface area (Å²) in [5.74, 6) is 0.872. The van der Waals surface area contributed by atoms with Gasteiger partial charge in [-0.1, -0.05) is 24.3 Å². The Kier molecular flexibility index (Phi) is 5.92. The third-order valence-corrected chi connectivity index (χ3v) is 3.53. The van der Waals surface area contributed by atoms with Gasteiger partial charge in [0.1, 0.15) is 18.5 Å². The molecule has 1 heterocycles. The summed E-state index contributed by atoms with van der Waals surface area (Å²) in [5, 5.41) is 10.2. The molecule has 118 valence electrons. The third kappa shape index (κ3) is 4.83. The van der Waals surface area contributed by atoms with Gasteiger partial charge in [-0.25, -0.2) is 0 Å². The molecule has 0 saturated carbocycles. The van der Waals surface area contributed by atoms with Crippen LogP contribution in [0.2, 0.25) is 0 Å². The van der Waals surface area contributed by atoms with Crippen molar-refractivity contribution in [3.05, 3.63) is 59.4 Å². The number of aryl methyl sites for hydroxylation is 2. The number of likely N-dealkylation sites (N-methyl/N-ethyl adjacent to an activating group) is 1. The van der Waals surface area contributed by atoms with Crippen LogP contribution in [-0.4, -0.2) is 41.3 Å². The van der Waals surface area contributed by atoms with Gasteiger partial charge in [0.15, 0.2) is 0 Å². The van der Waals surface area contributed by atoms with E-state index in [1.165, 1.54) is 0 Å². The van der Waals surface area contributed by atoms with E-state index >= 15 is 0 Å². The molecule has 0 amide bonds. The van der Waals surface area contributed by atoms with Crippen LogP contribution < -0.4 is 4.74 Å². The maximum atomic E-state index is 10.2. The van der Waals surface area contributed by atoms with Crippen LogP contribution in [-0.2, 0) is 6.54 Å². The zero-order valence-corrected chi connectivity index (χ0v) is 13.5. The SMILES string of the molecule is Cc1cccc(C)c1OCC(O)CN(C)Cc1cccnc1. The molecule has 0 spiro atoms. The van der Waals surface area contributed by atoms with E-state index < -0.39 is 6.10 Å². The molecular weight excluding hydrogens is 276 g/mol. The summed E-state index contributed by atoms with van der Waals surface area (Å²) in [4.78, 5) is 6.16. The number of hydrogen-bond donors (Lipinski definition) is 1. The lowest BCUT2D eigenvalue weighted by molar-refractivity contribution is 0.0738. The summed E-state index contributed by atoms with van der Waals surface area (Å²) in [6.45, 7) is 5.64. The molecule has 0 radical (unpaired) electrons. The fraction of sp³-hybridized carbons (Fsp3) is 0.389. The van der Waals surface area contributed by atoms with Crippen LogP contribution in [0.5, 0.6) is 5.75 Å². The fourth-order valence-electron chi connectivity index (χ4n) is 2.49. The van der Waals surface area contributed by atoms with Gasteiger partial charge in [0, 0.05) is 25.5 Å². The Balaban J connectivity index is 1.81. The summed E-state index contributed by atoms with van der Waals surface area (Å²) in [6, 6.07) is 9.99. The van der Waals surface area contributed by atoms with Gasteiger partial charge < -0.3 is 9.84 Å². The molecule has 1 unspecified atom stereocenters. The fourth-order valence-corrected chi connectivity index (χ4v) is 2.49. The third-order valence-electron chi connectivity index (χ3n) is 3.53. The number of aromatic nitrogens is 1. The molecule has 0 saturated heterocycles. The van der Waals surface area contributed by atoms with Crippen LogP contribution in [0.25, 0.3) is 0 Å². The normalized spacial score (nSPS) is 12.4. The minimum atomic E-state index is -0.527. The Labute approximate surface area is 132 Å². The topological polar surface area (TPSA) is 45.6 Å². The Bertz CT molecular complexity index is 567. The number of hydrogen-bond acceptors (Lipinski definition) is 4. The van der Waals surface area contributed by atoms with E-state index in [0.717, 1.165) is 29.0 Å². The van der Waals surface area contributed by atoms with Crippen molar-refractivity contribution < 1.29 is 9.84 Å². The second-order valence-corrected chi connectivity index (χ2v) is 5.74. The predicted octanol–water partition coefficient (Wildman–Crippen LogP) is 2.57. The van der Waals surface area contributed by atoms with Crippen LogP contribution in [0.15, 0.2) is 42.7 Å².